The van der Waals surface area contributed by atoms with Crippen LogP contribution in [0.1, 0.15) is 33.6 Å². The van der Waals surface area contributed by atoms with Crippen LogP contribution in [-0.2, 0) is 9.53 Å². The molecule has 0 saturated carbocycles. The van der Waals surface area contributed by atoms with Gasteiger partial charge in [-0.25, -0.2) is 9.59 Å². The fourth-order valence-electron chi connectivity index (χ4n) is 2.00. The van der Waals surface area contributed by atoms with Gasteiger partial charge in [0.25, 0.3) is 0 Å². The maximum absolute atomic E-state index is 11.8. The molecule has 0 aromatic carbocycles. The predicted octanol–water partition coefficient (Wildman–Crippen LogP) is 0.964. The van der Waals surface area contributed by atoms with Crippen molar-refractivity contribution in [2.24, 2.45) is 5.92 Å². The van der Waals surface area contributed by atoms with Gasteiger partial charge in [-0.05, 0) is 25.7 Å². The minimum absolute atomic E-state index is 0.163. The number of rotatable bonds is 4. The summed E-state index contributed by atoms with van der Waals surface area (Å²) in [7, 11) is 0. The van der Waals surface area contributed by atoms with E-state index in [1.165, 1.54) is 0 Å². The Morgan fingerprint density at radius 1 is 1.39 bits per heavy atom. The lowest BCUT2D eigenvalue weighted by atomic mass is 9.95. The Labute approximate surface area is 107 Å². The Kier molecular flexibility index (Phi) is 4.95. The van der Waals surface area contributed by atoms with Crippen LogP contribution in [0.15, 0.2) is 0 Å². The molecule has 1 fully saturated rings. The number of nitrogens with one attached hydrogen (secondary N) is 2. The third kappa shape index (κ3) is 4.18. The van der Waals surface area contributed by atoms with Crippen molar-refractivity contribution in [1.82, 2.24) is 10.6 Å². The smallest absolute Gasteiger partial charge is 0.326 e. The molecule has 0 radical (unpaired) electrons. The van der Waals surface area contributed by atoms with Gasteiger partial charge in [0.1, 0.15) is 6.04 Å². The van der Waals surface area contributed by atoms with Gasteiger partial charge in [-0.2, -0.15) is 0 Å². The van der Waals surface area contributed by atoms with E-state index in [9.17, 15) is 9.59 Å². The van der Waals surface area contributed by atoms with E-state index >= 15 is 0 Å². The molecule has 1 aliphatic heterocycles. The topological polar surface area (TPSA) is 87.7 Å². The molecule has 2 atom stereocenters. The van der Waals surface area contributed by atoms with Crippen LogP contribution in [0.3, 0.4) is 0 Å². The molecule has 1 rings (SSSR count). The summed E-state index contributed by atoms with van der Waals surface area (Å²) in [5.74, 6) is -1.19. The fraction of sp³-hybridized carbons (Fsp3) is 0.833. The average Bonchev–Trinajstić information content (AvgIpc) is 2.25. The molecule has 0 aromatic rings. The van der Waals surface area contributed by atoms with Crippen molar-refractivity contribution in [3.8, 4) is 0 Å². The lowest BCUT2D eigenvalue weighted by molar-refractivity contribution is -0.140. The number of carboxylic acid groups (broad SMARTS) is 1. The zero-order valence-corrected chi connectivity index (χ0v) is 11.2. The van der Waals surface area contributed by atoms with Gasteiger partial charge in [-0.15, -0.1) is 0 Å². The van der Waals surface area contributed by atoms with Crippen LogP contribution in [0.5, 0.6) is 0 Å². The molecule has 0 spiro atoms. The highest BCUT2D eigenvalue weighted by Crippen LogP contribution is 2.18. The minimum atomic E-state index is -1.02. The highest BCUT2D eigenvalue weighted by molar-refractivity contribution is 5.83. The fourth-order valence-corrected chi connectivity index (χ4v) is 2.00. The van der Waals surface area contributed by atoms with Gasteiger partial charge in [-0.3, -0.25) is 0 Å². The van der Waals surface area contributed by atoms with Gasteiger partial charge in [0, 0.05) is 6.61 Å². The van der Waals surface area contributed by atoms with Crippen LogP contribution in [0, 0.1) is 5.92 Å². The summed E-state index contributed by atoms with van der Waals surface area (Å²) in [6, 6.07) is -1.33. The highest BCUT2D eigenvalue weighted by atomic mass is 16.5. The Hall–Kier alpha value is -1.30. The number of carbonyl (C=O) groups excluding carboxylic acids is 1. The lowest BCUT2D eigenvalue weighted by Crippen LogP contribution is -2.57. The molecule has 0 bridgehead atoms. The molecular weight excluding hydrogens is 236 g/mol. The molecule has 0 aromatic heterocycles. The van der Waals surface area contributed by atoms with E-state index in [1.807, 2.05) is 6.92 Å². The second-order valence-corrected chi connectivity index (χ2v) is 5.38. The van der Waals surface area contributed by atoms with Gasteiger partial charge in [-0.1, -0.05) is 13.8 Å². The molecule has 104 valence electrons. The summed E-state index contributed by atoms with van der Waals surface area (Å²) in [6.07, 6.45) is 1.73. The summed E-state index contributed by atoms with van der Waals surface area (Å²) in [6.45, 7) is 6.58. The third-order valence-electron chi connectivity index (χ3n) is 3.07. The summed E-state index contributed by atoms with van der Waals surface area (Å²) >= 11 is 0. The van der Waals surface area contributed by atoms with Crippen LogP contribution in [0.25, 0.3) is 0 Å². The normalized spacial score (nSPS) is 25.6. The first-order chi connectivity index (χ1) is 8.34. The predicted molar refractivity (Wildman–Crippen MR) is 66.4 cm³/mol. The van der Waals surface area contributed by atoms with Gasteiger partial charge in [0.2, 0.25) is 0 Å². The Morgan fingerprint density at radius 2 is 2.06 bits per heavy atom. The quantitative estimate of drug-likeness (QED) is 0.701. The average molecular weight is 258 g/mol. The van der Waals surface area contributed by atoms with E-state index in [0.717, 1.165) is 12.8 Å². The first-order valence-corrected chi connectivity index (χ1v) is 6.23. The van der Waals surface area contributed by atoms with Crippen molar-refractivity contribution in [2.45, 2.75) is 45.2 Å². The van der Waals surface area contributed by atoms with Crippen molar-refractivity contribution in [2.75, 3.05) is 13.2 Å². The van der Waals surface area contributed by atoms with Crippen LogP contribution < -0.4 is 10.6 Å². The SMILES string of the molecule is CC(C)[C@@H](NC(=O)NC1(C)CCCOC1)C(=O)O. The maximum Gasteiger partial charge on any atom is 0.326 e. The molecule has 6 nitrogen and oxygen atoms in total. The molecule has 1 saturated heterocycles. The van der Waals surface area contributed by atoms with E-state index in [0.29, 0.717) is 13.2 Å². The van der Waals surface area contributed by atoms with Crippen LogP contribution >= 0.6 is 0 Å². The number of carbonyl (C=O) groups is 2. The molecule has 3 N–H and O–H groups in total. The highest BCUT2D eigenvalue weighted by Gasteiger charge is 2.31. The van der Waals surface area contributed by atoms with Crippen molar-refractivity contribution < 1.29 is 19.4 Å². The Bertz CT molecular complexity index is 311. The number of ether oxygens (including phenoxy) is 1. The van der Waals surface area contributed by atoms with E-state index < -0.39 is 23.6 Å². The van der Waals surface area contributed by atoms with Crippen molar-refractivity contribution >= 4 is 12.0 Å². The van der Waals surface area contributed by atoms with E-state index in [1.54, 1.807) is 13.8 Å². The Morgan fingerprint density at radius 3 is 2.50 bits per heavy atom. The molecule has 1 aliphatic rings. The van der Waals surface area contributed by atoms with Gasteiger partial charge in [0.05, 0.1) is 12.1 Å². The molecule has 18 heavy (non-hydrogen) atoms. The van der Waals surface area contributed by atoms with Crippen LogP contribution in [0.4, 0.5) is 4.79 Å². The molecule has 6 heteroatoms. The minimum Gasteiger partial charge on any atom is -0.480 e. The van der Waals surface area contributed by atoms with Gasteiger partial charge in [0.15, 0.2) is 0 Å². The maximum atomic E-state index is 11.8. The van der Waals surface area contributed by atoms with E-state index in [-0.39, 0.29) is 5.92 Å². The molecule has 2 amide bonds. The lowest BCUT2D eigenvalue weighted by Gasteiger charge is -2.34. The number of hydrogen-bond acceptors (Lipinski definition) is 3. The largest absolute Gasteiger partial charge is 0.480 e. The van der Waals surface area contributed by atoms with E-state index in [4.69, 9.17) is 9.84 Å². The van der Waals surface area contributed by atoms with Gasteiger partial charge >= 0.3 is 12.0 Å². The second kappa shape index (κ2) is 6.04. The second-order valence-electron chi connectivity index (χ2n) is 5.38. The first kappa shape index (κ1) is 14.8. The number of urea groups is 1. The van der Waals surface area contributed by atoms with Crippen molar-refractivity contribution in [3.05, 3.63) is 0 Å². The van der Waals surface area contributed by atoms with Gasteiger partial charge < -0.3 is 20.5 Å². The molecule has 0 aliphatic carbocycles. The van der Waals surface area contributed by atoms with E-state index in [2.05, 4.69) is 10.6 Å². The molecule has 1 heterocycles. The number of hydrogen-bond donors (Lipinski definition) is 3. The molecular formula is C12H22N2O4. The zero-order valence-electron chi connectivity index (χ0n) is 11.2. The summed E-state index contributed by atoms with van der Waals surface area (Å²) in [5, 5.41) is 14.3. The van der Waals surface area contributed by atoms with Crippen molar-refractivity contribution in [3.63, 3.8) is 0 Å². The summed E-state index contributed by atoms with van der Waals surface area (Å²) in [5.41, 5.74) is -0.414. The Balaban J connectivity index is 2.52. The summed E-state index contributed by atoms with van der Waals surface area (Å²) < 4.78 is 5.33. The zero-order chi connectivity index (χ0) is 13.8. The number of amides is 2. The standard InChI is InChI=1S/C12H22N2O4/c1-8(2)9(10(15)16)13-11(17)14-12(3)5-4-6-18-7-12/h8-9H,4-7H2,1-3H3,(H,15,16)(H2,13,14,17)/t9-,12?/m1/s1. The number of aliphatic carboxylic acids is 1. The molecule has 1 unspecified atom stereocenters. The van der Waals surface area contributed by atoms with Crippen LogP contribution in [-0.4, -0.2) is 41.9 Å². The summed E-state index contributed by atoms with van der Waals surface area (Å²) in [4.78, 5) is 22.8. The first-order valence-electron chi connectivity index (χ1n) is 6.23. The third-order valence-corrected chi connectivity index (χ3v) is 3.07. The van der Waals surface area contributed by atoms with Crippen molar-refractivity contribution in [1.29, 1.82) is 0 Å². The monoisotopic (exact) mass is 258 g/mol. The van der Waals surface area contributed by atoms with Crippen LogP contribution in [0.2, 0.25) is 0 Å². The number of carboxylic acids is 1.